The Labute approximate surface area is 141 Å². The summed E-state index contributed by atoms with van der Waals surface area (Å²) in [6.07, 6.45) is -4.15. The van der Waals surface area contributed by atoms with E-state index in [9.17, 15) is 26.4 Å². The van der Waals surface area contributed by atoms with Gasteiger partial charge in [0.05, 0.1) is 17.1 Å². The predicted octanol–water partition coefficient (Wildman–Crippen LogP) is 2.88. The molecule has 1 aromatic carbocycles. The van der Waals surface area contributed by atoms with E-state index in [1.54, 1.807) is 0 Å². The summed E-state index contributed by atoms with van der Waals surface area (Å²) in [6, 6.07) is 6.83. The molecule has 134 valence electrons. The lowest BCUT2D eigenvalue weighted by Gasteiger charge is -2.09. The molecule has 9 heteroatoms. The van der Waals surface area contributed by atoms with E-state index in [1.165, 1.54) is 24.3 Å². The van der Waals surface area contributed by atoms with Crippen LogP contribution < -0.4 is 5.32 Å². The van der Waals surface area contributed by atoms with Crippen molar-refractivity contribution in [3.8, 4) is 11.3 Å². The van der Waals surface area contributed by atoms with Crippen molar-refractivity contribution in [2.24, 2.45) is 0 Å². The summed E-state index contributed by atoms with van der Waals surface area (Å²) in [4.78, 5) is 12.1. The van der Waals surface area contributed by atoms with Gasteiger partial charge in [-0.2, -0.15) is 13.2 Å². The van der Waals surface area contributed by atoms with Crippen molar-refractivity contribution in [1.82, 2.24) is 5.32 Å². The summed E-state index contributed by atoms with van der Waals surface area (Å²) in [6.45, 7) is 0. The maximum absolute atomic E-state index is 12.8. The van der Waals surface area contributed by atoms with E-state index in [-0.39, 0.29) is 28.6 Å². The second-order valence-corrected chi connectivity index (χ2v) is 8.04. The average Bonchev–Trinajstić information content (AvgIpc) is 3.13. The maximum Gasteiger partial charge on any atom is 0.416 e. The molecule has 1 saturated heterocycles. The molecule has 0 bridgehead atoms. The molecule has 25 heavy (non-hydrogen) atoms. The van der Waals surface area contributed by atoms with Gasteiger partial charge in [-0.15, -0.1) is 0 Å². The summed E-state index contributed by atoms with van der Waals surface area (Å²) in [5.41, 5.74) is -0.624. The third-order valence-electron chi connectivity index (χ3n) is 3.87. The summed E-state index contributed by atoms with van der Waals surface area (Å²) >= 11 is 0. The second-order valence-electron chi connectivity index (χ2n) is 5.82. The molecule has 0 aliphatic carbocycles. The zero-order chi connectivity index (χ0) is 18.2. The number of nitrogens with one attached hydrogen (secondary N) is 1. The van der Waals surface area contributed by atoms with Crippen molar-refractivity contribution < 1.29 is 30.8 Å². The topological polar surface area (TPSA) is 76.4 Å². The Hall–Kier alpha value is -2.29. The molecule has 5 nitrogen and oxygen atoms in total. The zero-order valence-electron chi connectivity index (χ0n) is 12.8. The van der Waals surface area contributed by atoms with E-state index < -0.39 is 33.5 Å². The van der Waals surface area contributed by atoms with Crippen LogP contribution in [0.15, 0.2) is 40.8 Å². The summed E-state index contributed by atoms with van der Waals surface area (Å²) in [5.74, 6) is -0.668. The molecule has 1 atom stereocenters. The van der Waals surface area contributed by atoms with E-state index in [0.29, 0.717) is 6.42 Å². The molecule has 0 spiro atoms. The minimum Gasteiger partial charge on any atom is -0.451 e. The predicted molar refractivity (Wildman–Crippen MR) is 83.7 cm³/mol. The molecule has 2 aromatic rings. The fraction of sp³-hybridized carbons (Fsp3) is 0.312. The van der Waals surface area contributed by atoms with Crippen LogP contribution in [0, 0.1) is 0 Å². The van der Waals surface area contributed by atoms with E-state index in [2.05, 4.69) is 5.32 Å². The number of alkyl halides is 3. The van der Waals surface area contributed by atoms with Gasteiger partial charge in [-0.3, -0.25) is 4.79 Å². The van der Waals surface area contributed by atoms with Gasteiger partial charge in [0, 0.05) is 11.6 Å². The first-order valence-corrected chi connectivity index (χ1v) is 9.25. The molecular formula is C16H14F3NO4S. The van der Waals surface area contributed by atoms with Gasteiger partial charge in [0.1, 0.15) is 5.76 Å². The summed E-state index contributed by atoms with van der Waals surface area (Å²) in [5, 5.41) is 2.56. The smallest absolute Gasteiger partial charge is 0.416 e. The van der Waals surface area contributed by atoms with Gasteiger partial charge in [0.25, 0.3) is 5.91 Å². The third kappa shape index (κ3) is 4.04. The Morgan fingerprint density at radius 2 is 1.96 bits per heavy atom. The first-order valence-electron chi connectivity index (χ1n) is 7.43. The van der Waals surface area contributed by atoms with E-state index in [1.807, 2.05) is 0 Å². The fourth-order valence-electron chi connectivity index (χ4n) is 2.63. The molecule has 0 unspecified atom stereocenters. The normalized spacial score (nSPS) is 19.7. The standard InChI is InChI=1S/C16H14F3NO4S/c17-16(18,19)11-3-1-2-10(8-11)13-4-5-14(24-13)15(21)20-12-6-7-25(22,23)9-12/h1-5,8,12H,6-7,9H2,(H,20,21)/t12-/m1/s1. The van der Waals surface area contributed by atoms with Crippen molar-refractivity contribution >= 4 is 15.7 Å². The van der Waals surface area contributed by atoms with E-state index in [0.717, 1.165) is 12.1 Å². The zero-order valence-corrected chi connectivity index (χ0v) is 13.7. The van der Waals surface area contributed by atoms with Gasteiger partial charge < -0.3 is 9.73 Å². The van der Waals surface area contributed by atoms with Crippen LogP contribution in [0.4, 0.5) is 13.2 Å². The minimum absolute atomic E-state index is 0.0194. The van der Waals surface area contributed by atoms with Crippen molar-refractivity contribution in [3.05, 3.63) is 47.7 Å². The number of amides is 1. The Bertz CT molecular complexity index is 902. The minimum atomic E-state index is -4.48. The van der Waals surface area contributed by atoms with Gasteiger partial charge in [-0.1, -0.05) is 12.1 Å². The molecule has 1 amide bonds. The number of halogens is 3. The van der Waals surface area contributed by atoms with Crippen LogP contribution in [0.3, 0.4) is 0 Å². The number of rotatable bonds is 3. The molecule has 1 aliphatic heterocycles. The molecule has 1 N–H and O–H groups in total. The van der Waals surface area contributed by atoms with Crippen LogP contribution in [0.1, 0.15) is 22.5 Å². The van der Waals surface area contributed by atoms with Crippen LogP contribution in [-0.4, -0.2) is 31.9 Å². The number of carbonyl (C=O) groups excluding carboxylic acids is 1. The van der Waals surface area contributed by atoms with E-state index in [4.69, 9.17) is 4.42 Å². The summed E-state index contributed by atoms with van der Waals surface area (Å²) < 4.78 is 66.4. The van der Waals surface area contributed by atoms with Crippen molar-refractivity contribution in [1.29, 1.82) is 0 Å². The van der Waals surface area contributed by atoms with Crippen molar-refractivity contribution in [2.45, 2.75) is 18.6 Å². The molecule has 2 heterocycles. The highest BCUT2D eigenvalue weighted by Crippen LogP contribution is 2.32. The highest BCUT2D eigenvalue weighted by Gasteiger charge is 2.31. The van der Waals surface area contributed by atoms with Crippen LogP contribution in [0.25, 0.3) is 11.3 Å². The van der Waals surface area contributed by atoms with Crippen LogP contribution >= 0.6 is 0 Å². The van der Waals surface area contributed by atoms with Crippen molar-refractivity contribution in [3.63, 3.8) is 0 Å². The first-order chi connectivity index (χ1) is 11.6. The van der Waals surface area contributed by atoms with E-state index >= 15 is 0 Å². The van der Waals surface area contributed by atoms with Gasteiger partial charge >= 0.3 is 6.18 Å². The number of sulfone groups is 1. The number of benzene rings is 1. The number of hydrogen-bond donors (Lipinski definition) is 1. The molecule has 0 radical (unpaired) electrons. The Kier molecular flexibility index (Phi) is 4.36. The molecule has 1 fully saturated rings. The van der Waals surface area contributed by atoms with Gasteiger partial charge in [0.2, 0.25) is 0 Å². The Balaban J connectivity index is 1.75. The molecule has 3 rings (SSSR count). The highest BCUT2D eigenvalue weighted by atomic mass is 32.2. The molecule has 0 saturated carbocycles. The monoisotopic (exact) mass is 373 g/mol. The fourth-order valence-corrected chi connectivity index (χ4v) is 4.30. The van der Waals surface area contributed by atoms with Crippen LogP contribution in [0.2, 0.25) is 0 Å². The Morgan fingerprint density at radius 3 is 2.60 bits per heavy atom. The molecule has 1 aliphatic rings. The lowest BCUT2D eigenvalue weighted by Crippen LogP contribution is -2.35. The van der Waals surface area contributed by atoms with Crippen LogP contribution in [-0.2, 0) is 16.0 Å². The largest absolute Gasteiger partial charge is 0.451 e. The second kappa shape index (κ2) is 6.21. The lowest BCUT2D eigenvalue weighted by atomic mass is 10.1. The van der Waals surface area contributed by atoms with Crippen molar-refractivity contribution in [2.75, 3.05) is 11.5 Å². The van der Waals surface area contributed by atoms with Crippen LogP contribution in [0.5, 0.6) is 0 Å². The SMILES string of the molecule is O=C(N[C@@H]1CCS(=O)(=O)C1)c1ccc(-c2cccc(C(F)(F)F)c2)o1. The number of furan rings is 1. The van der Waals surface area contributed by atoms with Gasteiger partial charge in [-0.05, 0) is 30.7 Å². The lowest BCUT2D eigenvalue weighted by molar-refractivity contribution is -0.137. The van der Waals surface area contributed by atoms with Gasteiger partial charge in [-0.25, -0.2) is 8.42 Å². The Morgan fingerprint density at radius 1 is 1.20 bits per heavy atom. The van der Waals surface area contributed by atoms with Gasteiger partial charge in [0.15, 0.2) is 15.6 Å². The number of carbonyl (C=O) groups is 1. The highest BCUT2D eigenvalue weighted by molar-refractivity contribution is 7.91. The third-order valence-corrected chi connectivity index (χ3v) is 5.64. The quantitative estimate of drug-likeness (QED) is 0.898. The average molecular weight is 373 g/mol. The first kappa shape index (κ1) is 17.5. The summed E-state index contributed by atoms with van der Waals surface area (Å²) in [7, 11) is -3.13. The maximum atomic E-state index is 12.8. The molecular weight excluding hydrogens is 359 g/mol. The molecule has 1 aromatic heterocycles. The number of hydrogen-bond acceptors (Lipinski definition) is 4.